The molecule has 0 spiro atoms. The lowest BCUT2D eigenvalue weighted by Crippen LogP contribution is -2.32. The van der Waals surface area contributed by atoms with Crippen molar-refractivity contribution in [2.24, 2.45) is 0 Å². The number of halogens is 1. The van der Waals surface area contributed by atoms with Gasteiger partial charge in [-0.2, -0.15) is 0 Å². The Kier molecular flexibility index (Phi) is 6.28. The van der Waals surface area contributed by atoms with Gasteiger partial charge in [0.05, 0.1) is 16.6 Å². The van der Waals surface area contributed by atoms with Crippen LogP contribution in [0.4, 0.5) is 4.39 Å². The predicted molar refractivity (Wildman–Crippen MR) is 126 cm³/mol. The molecule has 4 rings (SSSR count). The maximum atomic E-state index is 14.3. The van der Waals surface area contributed by atoms with Crippen molar-refractivity contribution in [3.63, 3.8) is 0 Å². The second-order valence-electron chi connectivity index (χ2n) is 7.40. The fraction of sp³-hybridized carbons (Fsp3) is 0.160. The molecule has 0 aliphatic carbocycles. The van der Waals surface area contributed by atoms with Crippen LogP contribution < -0.4 is 5.56 Å². The minimum absolute atomic E-state index is 0.0635. The fourth-order valence-electron chi connectivity index (χ4n) is 3.70. The van der Waals surface area contributed by atoms with E-state index in [0.717, 1.165) is 16.6 Å². The van der Waals surface area contributed by atoms with Crippen LogP contribution in [0.2, 0.25) is 0 Å². The van der Waals surface area contributed by atoms with Crippen molar-refractivity contribution in [3.8, 4) is 5.69 Å². The molecule has 1 N–H and O–H groups in total. The molecule has 0 atom stereocenters. The zero-order valence-corrected chi connectivity index (χ0v) is 18.4. The first-order valence-electron chi connectivity index (χ1n) is 10.4. The molecular formula is C25H22FN3O2S. The van der Waals surface area contributed by atoms with E-state index in [1.165, 1.54) is 12.1 Å². The van der Waals surface area contributed by atoms with E-state index in [4.69, 9.17) is 12.2 Å². The number of fused-ring (bicyclic) bond motifs is 1. The molecule has 32 heavy (non-hydrogen) atoms. The molecule has 0 unspecified atom stereocenters. The Bertz CT molecular complexity index is 1400. The number of hydrogen-bond acceptors (Lipinski definition) is 3. The van der Waals surface area contributed by atoms with Crippen molar-refractivity contribution in [3.05, 3.63) is 105 Å². The standard InChI is InChI=1S/C25H22FN3O2S/c1-2-28(15-14-17-8-4-3-5-9-17)23(30)18-12-13-19-21(16-18)27-25(32)29(24(19)31)22-11-7-6-10-20(22)26/h3-13,16H,2,14-15H2,1H3,(H,27,32). The Morgan fingerprint density at radius 2 is 1.78 bits per heavy atom. The third-order valence-electron chi connectivity index (χ3n) is 5.42. The lowest BCUT2D eigenvalue weighted by atomic mass is 10.1. The number of hydrogen-bond donors (Lipinski definition) is 1. The molecule has 3 aromatic carbocycles. The molecule has 0 saturated carbocycles. The maximum Gasteiger partial charge on any atom is 0.266 e. The van der Waals surface area contributed by atoms with Crippen molar-refractivity contribution in [1.29, 1.82) is 0 Å². The summed E-state index contributed by atoms with van der Waals surface area (Å²) < 4.78 is 15.5. The highest BCUT2D eigenvalue weighted by atomic mass is 32.1. The number of carbonyl (C=O) groups excluding carboxylic acids is 1. The maximum absolute atomic E-state index is 14.3. The lowest BCUT2D eigenvalue weighted by Gasteiger charge is -2.21. The number of benzene rings is 3. The summed E-state index contributed by atoms with van der Waals surface area (Å²) in [4.78, 5) is 30.9. The number of para-hydroxylation sites is 1. The molecule has 0 aliphatic heterocycles. The van der Waals surface area contributed by atoms with E-state index in [-0.39, 0.29) is 16.4 Å². The second kappa shape index (κ2) is 9.28. The minimum Gasteiger partial charge on any atom is -0.339 e. The smallest absolute Gasteiger partial charge is 0.266 e. The van der Waals surface area contributed by atoms with E-state index in [1.807, 2.05) is 37.3 Å². The number of aromatic amines is 1. The molecule has 0 saturated heterocycles. The van der Waals surface area contributed by atoms with Crippen LogP contribution in [0.1, 0.15) is 22.8 Å². The van der Waals surface area contributed by atoms with E-state index < -0.39 is 11.4 Å². The number of amides is 1. The Labute approximate surface area is 189 Å². The van der Waals surface area contributed by atoms with Gasteiger partial charge < -0.3 is 9.88 Å². The minimum atomic E-state index is -0.544. The van der Waals surface area contributed by atoms with Gasteiger partial charge >= 0.3 is 0 Å². The molecule has 0 fully saturated rings. The molecule has 162 valence electrons. The highest BCUT2D eigenvalue weighted by molar-refractivity contribution is 7.71. The summed E-state index contributed by atoms with van der Waals surface area (Å²) in [5.41, 5.74) is 1.71. The van der Waals surface area contributed by atoms with Crippen LogP contribution in [0.3, 0.4) is 0 Å². The van der Waals surface area contributed by atoms with Crippen LogP contribution in [0, 0.1) is 10.6 Å². The zero-order chi connectivity index (χ0) is 22.7. The Morgan fingerprint density at radius 3 is 2.50 bits per heavy atom. The van der Waals surface area contributed by atoms with E-state index >= 15 is 0 Å². The molecule has 7 heteroatoms. The summed E-state index contributed by atoms with van der Waals surface area (Å²) in [6.45, 7) is 3.08. The van der Waals surface area contributed by atoms with Crippen LogP contribution in [-0.2, 0) is 6.42 Å². The van der Waals surface area contributed by atoms with Crippen LogP contribution in [0.15, 0.2) is 77.6 Å². The van der Waals surface area contributed by atoms with E-state index in [9.17, 15) is 14.0 Å². The van der Waals surface area contributed by atoms with E-state index in [0.29, 0.717) is 29.6 Å². The second-order valence-corrected chi connectivity index (χ2v) is 7.79. The third-order valence-corrected chi connectivity index (χ3v) is 5.70. The molecular weight excluding hydrogens is 425 g/mol. The van der Waals surface area contributed by atoms with Gasteiger partial charge in [-0.1, -0.05) is 42.5 Å². The highest BCUT2D eigenvalue weighted by Gasteiger charge is 2.17. The van der Waals surface area contributed by atoms with Crippen LogP contribution in [0.25, 0.3) is 16.6 Å². The molecule has 0 bridgehead atoms. The van der Waals surface area contributed by atoms with Gasteiger partial charge in [-0.05, 0) is 61.5 Å². The average molecular weight is 448 g/mol. The number of carbonyl (C=O) groups is 1. The molecule has 0 aliphatic rings. The van der Waals surface area contributed by atoms with Gasteiger partial charge in [-0.25, -0.2) is 8.96 Å². The van der Waals surface area contributed by atoms with Gasteiger partial charge in [0.25, 0.3) is 11.5 Å². The van der Waals surface area contributed by atoms with Crippen LogP contribution in [0.5, 0.6) is 0 Å². The Morgan fingerprint density at radius 1 is 1.06 bits per heavy atom. The Balaban J connectivity index is 1.67. The van der Waals surface area contributed by atoms with E-state index in [1.54, 1.807) is 35.2 Å². The number of H-pyrrole nitrogens is 1. The zero-order valence-electron chi connectivity index (χ0n) is 17.5. The Hall–Kier alpha value is -3.58. The molecule has 1 amide bonds. The number of nitrogens with one attached hydrogen (secondary N) is 1. The fourth-order valence-corrected chi connectivity index (χ4v) is 3.99. The summed E-state index contributed by atoms with van der Waals surface area (Å²) in [6.07, 6.45) is 0.754. The van der Waals surface area contributed by atoms with E-state index in [2.05, 4.69) is 4.98 Å². The van der Waals surface area contributed by atoms with Crippen LogP contribution >= 0.6 is 12.2 Å². The third kappa shape index (κ3) is 4.24. The van der Waals surface area contributed by atoms with Crippen molar-refractivity contribution < 1.29 is 9.18 Å². The topological polar surface area (TPSA) is 58.1 Å². The van der Waals surface area contributed by atoms with Crippen molar-refractivity contribution >= 4 is 29.0 Å². The van der Waals surface area contributed by atoms with Crippen molar-refractivity contribution in [1.82, 2.24) is 14.5 Å². The van der Waals surface area contributed by atoms with Gasteiger partial charge in [-0.3, -0.25) is 9.59 Å². The first kappa shape index (κ1) is 21.6. The molecule has 0 radical (unpaired) electrons. The first-order chi connectivity index (χ1) is 15.5. The highest BCUT2D eigenvalue weighted by Crippen LogP contribution is 2.17. The van der Waals surface area contributed by atoms with Gasteiger partial charge in [0.15, 0.2) is 4.77 Å². The summed E-state index contributed by atoms with van der Waals surface area (Å²) in [7, 11) is 0. The van der Waals surface area contributed by atoms with Gasteiger partial charge in [0.2, 0.25) is 0 Å². The summed E-state index contributed by atoms with van der Waals surface area (Å²) in [6, 6.07) is 20.8. The molecule has 1 heterocycles. The predicted octanol–water partition coefficient (Wildman–Crippen LogP) is 4.89. The normalized spacial score (nSPS) is 10.9. The van der Waals surface area contributed by atoms with Gasteiger partial charge in [0.1, 0.15) is 5.82 Å². The average Bonchev–Trinajstić information content (AvgIpc) is 2.81. The number of nitrogens with zero attached hydrogens (tertiary/aromatic N) is 2. The largest absolute Gasteiger partial charge is 0.339 e. The van der Waals surface area contributed by atoms with Gasteiger partial charge in [0, 0.05) is 18.7 Å². The quantitative estimate of drug-likeness (QED) is 0.428. The van der Waals surface area contributed by atoms with Crippen molar-refractivity contribution in [2.45, 2.75) is 13.3 Å². The number of rotatable bonds is 6. The SMILES string of the molecule is CCN(CCc1ccccc1)C(=O)c1ccc2c(=O)n(-c3ccccc3F)c(=S)[nH]c2c1. The number of likely N-dealkylation sites (N-methyl/N-ethyl adjacent to an activating group) is 1. The summed E-state index contributed by atoms with van der Waals surface area (Å²) in [5, 5.41) is 0.325. The van der Waals surface area contributed by atoms with Gasteiger partial charge in [-0.15, -0.1) is 0 Å². The van der Waals surface area contributed by atoms with Crippen LogP contribution in [-0.4, -0.2) is 33.4 Å². The summed E-state index contributed by atoms with van der Waals surface area (Å²) >= 11 is 5.33. The molecule has 5 nitrogen and oxygen atoms in total. The first-order valence-corrected chi connectivity index (χ1v) is 10.8. The molecule has 4 aromatic rings. The van der Waals surface area contributed by atoms with Crippen molar-refractivity contribution in [2.75, 3.05) is 13.1 Å². The molecule has 1 aromatic heterocycles. The summed E-state index contributed by atoms with van der Waals surface area (Å²) in [5.74, 6) is -0.666. The lowest BCUT2D eigenvalue weighted by molar-refractivity contribution is 0.0766. The monoisotopic (exact) mass is 447 g/mol. The number of aromatic nitrogens is 2.